The van der Waals surface area contributed by atoms with Gasteiger partial charge in [-0.1, -0.05) is 120 Å². The van der Waals surface area contributed by atoms with E-state index in [1.54, 1.807) is 0 Å². The average Bonchev–Trinajstić information content (AvgIpc) is 4.00. The standard InChI is InChI=1S/C48H36N4O2/c1-29-14-18-33(19-15-29)41-35-22-24-37(49-35)42(34-20-16-30(2)17-21-34)39-26-27-40-44(32-12-8-5-9-13-32)47-46(51(3)28-52(39)40)45(48(53)54-47)43(31-10-6-4-7-11-31)38-25-23-36(41)50-38/h4-27,50H,28H2,1-3H3. The minimum absolute atomic E-state index is 0.378. The number of allylic oxidation sites excluding steroid dienone is 2. The molecule has 6 bridgehead atoms. The highest BCUT2D eigenvalue weighted by atomic mass is 16.5. The lowest BCUT2D eigenvalue weighted by Gasteiger charge is -2.23. The van der Waals surface area contributed by atoms with Crippen LogP contribution in [0.5, 0.6) is 0 Å². The van der Waals surface area contributed by atoms with E-state index in [0.717, 1.165) is 83.7 Å². The number of fused-ring (bicyclic) bond motifs is 4. The van der Waals surface area contributed by atoms with E-state index in [4.69, 9.17) is 9.73 Å². The molecule has 6 nitrogen and oxygen atoms in total. The van der Waals surface area contributed by atoms with E-state index in [1.807, 2.05) is 43.4 Å². The molecule has 0 spiro atoms. The first kappa shape index (κ1) is 31.8. The highest BCUT2D eigenvalue weighted by Crippen LogP contribution is 2.45. The third kappa shape index (κ3) is 5.02. The first-order chi connectivity index (χ1) is 26.4. The Morgan fingerprint density at radius 3 is 1.74 bits per heavy atom. The van der Waals surface area contributed by atoms with Gasteiger partial charge in [-0.25, -0.2) is 9.79 Å². The number of nitrogens with zero attached hydrogens (tertiary/aromatic N) is 3. The van der Waals surface area contributed by atoms with Gasteiger partial charge in [0.2, 0.25) is 0 Å². The molecule has 2 aromatic heterocycles. The second-order valence-corrected chi connectivity index (χ2v) is 14.3. The van der Waals surface area contributed by atoms with Gasteiger partial charge in [-0.15, -0.1) is 0 Å². The molecule has 1 N–H and O–H groups in total. The molecular formula is C48H36N4O2. The number of aryl methyl sites for hydroxylation is 2. The third-order valence-electron chi connectivity index (χ3n) is 10.7. The van der Waals surface area contributed by atoms with Crippen LogP contribution in [0.4, 0.5) is 0 Å². The van der Waals surface area contributed by atoms with Gasteiger partial charge in [0.05, 0.1) is 46.3 Å². The average molecular weight is 701 g/mol. The second kappa shape index (κ2) is 12.3. The molecule has 0 atom stereocenters. The van der Waals surface area contributed by atoms with Crippen molar-refractivity contribution in [3.05, 3.63) is 224 Å². The van der Waals surface area contributed by atoms with Crippen LogP contribution < -0.4 is 10.7 Å². The van der Waals surface area contributed by atoms with Gasteiger partial charge in [-0.3, -0.25) is 0 Å². The van der Waals surface area contributed by atoms with Crippen molar-refractivity contribution in [2.24, 2.45) is 4.99 Å². The quantitative estimate of drug-likeness (QED) is 0.191. The summed E-state index contributed by atoms with van der Waals surface area (Å²) in [6, 6.07) is 46.2. The van der Waals surface area contributed by atoms with E-state index in [9.17, 15) is 4.79 Å². The van der Waals surface area contributed by atoms with Gasteiger partial charge in [-0.05, 0) is 72.5 Å². The van der Waals surface area contributed by atoms with Gasteiger partial charge in [0.1, 0.15) is 0 Å². The van der Waals surface area contributed by atoms with Gasteiger partial charge >= 0.3 is 5.97 Å². The van der Waals surface area contributed by atoms with Crippen LogP contribution in [0.25, 0.3) is 22.3 Å². The van der Waals surface area contributed by atoms with E-state index in [-0.39, 0.29) is 5.97 Å². The van der Waals surface area contributed by atoms with E-state index in [1.165, 1.54) is 11.1 Å². The van der Waals surface area contributed by atoms with Crippen LogP contribution in [-0.4, -0.2) is 33.2 Å². The number of likely N-dealkylation sites (N-methyl/N-ethyl adjacent to an activating group) is 1. The van der Waals surface area contributed by atoms with Crippen molar-refractivity contribution < 1.29 is 9.53 Å². The Balaban J connectivity index is 1.41. The molecular weight excluding hydrogens is 665 g/mol. The summed E-state index contributed by atoms with van der Waals surface area (Å²) in [7, 11) is 2.05. The third-order valence-corrected chi connectivity index (χ3v) is 10.7. The minimum Gasteiger partial charge on any atom is -0.420 e. The maximum Gasteiger partial charge on any atom is 0.346 e. The summed E-state index contributed by atoms with van der Waals surface area (Å²) in [5, 5.41) is 1.72. The summed E-state index contributed by atoms with van der Waals surface area (Å²) < 4.78 is 8.83. The fourth-order valence-corrected chi connectivity index (χ4v) is 8.17. The van der Waals surface area contributed by atoms with Gasteiger partial charge in [0, 0.05) is 34.5 Å². The lowest BCUT2D eigenvalue weighted by molar-refractivity contribution is -0.132. The molecule has 0 aliphatic carbocycles. The van der Waals surface area contributed by atoms with Crippen LogP contribution in [0.15, 0.2) is 173 Å². The Morgan fingerprint density at radius 1 is 0.574 bits per heavy atom. The molecule has 0 unspecified atom stereocenters. The van der Waals surface area contributed by atoms with Crippen molar-refractivity contribution in [3.63, 3.8) is 0 Å². The Bertz CT molecular complexity index is 2830. The van der Waals surface area contributed by atoms with Crippen molar-refractivity contribution in [1.29, 1.82) is 0 Å². The van der Waals surface area contributed by atoms with Crippen LogP contribution in [0.1, 0.15) is 44.8 Å². The molecule has 4 aliphatic rings. The number of aromatic nitrogens is 2. The number of carbonyl (C=O) groups excluding carboxylic acids is 1. The van der Waals surface area contributed by atoms with Gasteiger partial charge < -0.3 is 19.2 Å². The van der Waals surface area contributed by atoms with Crippen molar-refractivity contribution in [1.82, 2.24) is 14.5 Å². The number of carbonyl (C=O) groups is 1. The molecule has 0 amide bonds. The summed E-state index contributed by atoms with van der Waals surface area (Å²) >= 11 is 0. The lowest BCUT2D eigenvalue weighted by atomic mass is 9.94. The maximum atomic E-state index is 14.5. The van der Waals surface area contributed by atoms with Crippen LogP contribution in [-0.2, 0) is 16.2 Å². The molecule has 0 saturated carbocycles. The van der Waals surface area contributed by atoms with Gasteiger partial charge in [-0.2, -0.15) is 0 Å². The highest BCUT2D eigenvalue weighted by Gasteiger charge is 2.41. The zero-order chi connectivity index (χ0) is 36.5. The largest absolute Gasteiger partial charge is 0.420 e. The predicted octanol–water partition coefficient (Wildman–Crippen LogP) is 7.79. The number of H-pyrrole nitrogens is 1. The Kier molecular flexibility index (Phi) is 7.27. The number of esters is 1. The summed E-state index contributed by atoms with van der Waals surface area (Å²) in [5.41, 5.74) is 15.0. The molecule has 0 saturated heterocycles. The lowest BCUT2D eigenvalue weighted by Crippen LogP contribution is -2.24. The number of rotatable bonds is 4. The van der Waals surface area contributed by atoms with Gasteiger partial charge in [0.25, 0.3) is 0 Å². The number of aromatic amines is 1. The number of benzene rings is 4. The van der Waals surface area contributed by atoms with Gasteiger partial charge in [0.15, 0.2) is 5.76 Å². The van der Waals surface area contributed by atoms with E-state index >= 15 is 0 Å². The number of hydrogen-bond donors (Lipinski definition) is 1. The molecule has 4 aromatic carbocycles. The van der Waals surface area contributed by atoms with Crippen LogP contribution in [0.3, 0.4) is 0 Å². The highest BCUT2D eigenvalue weighted by molar-refractivity contribution is 6.30. The van der Waals surface area contributed by atoms with Crippen LogP contribution >= 0.6 is 0 Å². The topological polar surface area (TPSA) is 62.6 Å². The van der Waals surface area contributed by atoms with Crippen LogP contribution in [0, 0.1) is 13.8 Å². The fourth-order valence-electron chi connectivity index (χ4n) is 8.17. The molecule has 4 aliphatic heterocycles. The molecule has 54 heavy (non-hydrogen) atoms. The number of nitrogens with one attached hydrogen (secondary N) is 1. The molecule has 260 valence electrons. The first-order valence-corrected chi connectivity index (χ1v) is 18.3. The molecule has 10 rings (SSSR count). The van der Waals surface area contributed by atoms with E-state index in [2.05, 4.69) is 138 Å². The molecule has 0 fully saturated rings. The fraction of sp³-hybridized carbons (Fsp3) is 0.0833. The van der Waals surface area contributed by atoms with Crippen molar-refractivity contribution in [3.8, 4) is 0 Å². The van der Waals surface area contributed by atoms with E-state index in [0.29, 0.717) is 18.0 Å². The van der Waals surface area contributed by atoms with Crippen molar-refractivity contribution >= 4 is 34.0 Å². The summed E-state index contributed by atoms with van der Waals surface area (Å²) in [6.45, 7) is 4.68. The predicted molar refractivity (Wildman–Crippen MR) is 214 cm³/mol. The summed E-state index contributed by atoms with van der Waals surface area (Å²) in [6.07, 6.45) is 4.27. The zero-order valence-electron chi connectivity index (χ0n) is 30.2. The SMILES string of the molecule is Cc1ccc(C2=C3C=CC(=N3)C(c3ccc(C)cc3)=c3ccc([nH]3)=C(c3ccccc3)C3=C4C(=C(c5ccccc5)c5ccc2n5CN4C)OC3=O)cc1. The van der Waals surface area contributed by atoms with Crippen molar-refractivity contribution in [2.75, 3.05) is 7.05 Å². The van der Waals surface area contributed by atoms with E-state index < -0.39 is 0 Å². The Morgan fingerprint density at radius 2 is 1.11 bits per heavy atom. The maximum absolute atomic E-state index is 14.5. The second-order valence-electron chi connectivity index (χ2n) is 14.3. The Hall–Kier alpha value is -6.92. The molecule has 0 radical (unpaired) electrons. The van der Waals surface area contributed by atoms with Crippen molar-refractivity contribution in [2.45, 2.75) is 20.5 Å². The molecule has 6 heterocycles. The monoisotopic (exact) mass is 700 g/mol. The molecule has 6 aromatic rings. The number of hydrogen-bond acceptors (Lipinski definition) is 4. The minimum atomic E-state index is -0.378. The zero-order valence-corrected chi connectivity index (χ0v) is 30.2. The molecule has 6 heteroatoms. The number of ether oxygens (including phenoxy) is 1. The Labute approximate surface area is 313 Å². The summed E-state index contributed by atoms with van der Waals surface area (Å²) in [4.78, 5) is 25.9. The number of aliphatic imine (C=N–C) groups is 1. The smallest absolute Gasteiger partial charge is 0.346 e. The van der Waals surface area contributed by atoms with Crippen LogP contribution in [0.2, 0.25) is 0 Å². The summed E-state index contributed by atoms with van der Waals surface area (Å²) in [5.74, 6) is 0.174. The normalized spacial score (nSPS) is 16.2. The first-order valence-electron chi connectivity index (χ1n) is 18.3.